The number of hydrogen-bond donors (Lipinski definition) is 0. The molecule has 0 aliphatic carbocycles. The number of carbonyl (C=O) groups is 2. The largest absolute Gasteiger partial charge is 0.507 e. The Bertz CT molecular complexity index is 476. The van der Waals surface area contributed by atoms with Crippen LogP contribution in [0.4, 0.5) is 4.79 Å². The first-order valence-electron chi connectivity index (χ1n) is 5.80. The van der Waals surface area contributed by atoms with Gasteiger partial charge in [-0.05, 0) is 13.3 Å². The first-order valence-corrected chi connectivity index (χ1v) is 6.53. The Balaban J connectivity index is 2.07. The van der Waals surface area contributed by atoms with Crippen molar-refractivity contribution in [2.45, 2.75) is 32.1 Å². The van der Waals surface area contributed by atoms with Gasteiger partial charge in [0.2, 0.25) is 6.23 Å². The molecular formula is C11H14N2O5P+. The number of rotatable bonds is 4. The van der Waals surface area contributed by atoms with Gasteiger partial charge in [0.05, 0.1) is 25.0 Å². The molecule has 0 aromatic rings. The van der Waals surface area contributed by atoms with E-state index in [0.29, 0.717) is 18.4 Å². The highest BCUT2D eigenvalue weighted by Gasteiger charge is 2.43. The summed E-state index contributed by atoms with van der Waals surface area (Å²) in [5, 5.41) is 0. The highest BCUT2D eigenvalue weighted by atomic mass is 31.1. The molecule has 19 heavy (non-hydrogen) atoms. The van der Waals surface area contributed by atoms with Gasteiger partial charge in [-0.1, -0.05) is 0 Å². The number of urea groups is 1. The van der Waals surface area contributed by atoms with Crippen LogP contribution >= 0.6 is 8.69 Å². The Kier molecular flexibility index (Phi) is 4.19. The van der Waals surface area contributed by atoms with Crippen LogP contribution < -0.4 is 0 Å². The van der Waals surface area contributed by atoms with Gasteiger partial charge in [0.15, 0.2) is 0 Å². The van der Waals surface area contributed by atoms with Gasteiger partial charge in [0.25, 0.3) is 0 Å². The second-order valence-electron chi connectivity index (χ2n) is 4.40. The zero-order chi connectivity index (χ0) is 14.0. The summed E-state index contributed by atoms with van der Waals surface area (Å²) in [4.78, 5) is 24.9. The normalized spacial score (nSPS) is 28.2. The van der Waals surface area contributed by atoms with E-state index in [2.05, 4.69) is 6.72 Å². The third-order valence-electron chi connectivity index (χ3n) is 3.08. The standard InChI is InChI=1S/C11H14N2O5P/c1-7-5-13(11(15)12(2)10(7)14)9-4-3-8(18-9)6-17-19-16/h5,8-9H,2-4,6H2,1H3/q+1. The quantitative estimate of drug-likeness (QED) is 0.574. The Hall–Kier alpha value is -1.43. The van der Waals surface area contributed by atoms with E-state index in [-0.39, 0.29) is 21.4 Å². The SMILES string of the molecule is C=[N+]1C(=O)C(C)=CN(C2CCC(COP=O)O2)C1=O. The van der Waals surface area contributed by atoms with E-state index >= 15 is 0 Å². The maximum atomic E-state index is 12.0. The summed E-state index contributed by atoms with van der Waals surface area (Å²) in [6.45, 7) is 5.25. The summed E-state index contributed by atoms with van der Waals surface area (Å²) in [6, 6.07) is -0.510. The molecule has 2 rings (SSSR count). The van der Waals surface area contributed by atoms with Crippen LogP contribution in [0.25, 0.3) is 0 Å². The summed E-state index contributed by atoms with van der Waals surface area (Å²) in [5.41, 5.74) is 0.427. The molecular weight excluding hydrogens is 271 g/mol. The minimum absolute atomic E-state index is 0.205. The lowest BCUT2D eigenvalue weighted by molar-refractivity contribution is -0.360. The van der Waals surface area contributed by atoms with Gasteiger partial charge in [-0.15, -0.1) is 4.58 Å². The summed E-state index contributed by atoms with van der Waals surface area (Å²) in [7, 11) is -0.389. The van der Waals surface area contributed by atoms with E-state index in [9.17, 15) is 14.2 Å². The molecule has 2 aliphatic heterocycles. The van der Waals surface area contributed by atoms with Gasteiger partial charge < -0.3 is 4.74 Å². The van der Waals surface area contributed by atoms with Crippen molar-refractivity contribution in [3.05, 3.63) is 11.8 Å². The molecule has 2 aliphatic rings. The molecule has 1 saturated heterocycles. The molecule has 1 fully saturated rings. The van der Waals surface area contributed by atoms with Crippen LogP contribution in [-0.2, 0) is 18.6 Å². The van der Waals surface area contributed by atoms with Crippen LogP contribution in [0, 0.1) is 0 Å². The van der Waals surface area contributed by atoms with Crippen molar-refractivity contribution < 1.29 is 28.0 Å². The van der Waals surface area contributed by atoms with Crippen LogP contribution in [0.3, 0.4) is 0 Å². The number of carbonyl (C=O) groups excluding carboxylic acids is 2. The second-order valence-corrected chi connectivity index (χ2v) is 4.80. The fourth-order valence-electron chi connectivity index (χ4n) is 2.09. The Morgan fingerprint density at radius 2 is 2.32 bits per heavy atom. The Morgan fingerprint density at radius 3 is 3.00 bits per heavy atom. The van der Waals surface area contributed by atoms with E-state index in [0.717, 1.165) is 4.58 Å². The fraction of sp³-hybridized carbons (Fsp3) is 0.545. The van der Waals surface area contributed by atoms with Crippen molar-refractivity contribution in [3.8, 4) is 0 Å². The number of ether oxygens (including phenoxy) is 1. The van der Waals surface area contributed by atoms with E-state index in [1.165, 1.54) is 11.1 Å². The van der Waals surface area contributed by atoms with Gasteiger partial charge in [0, 0.05) is 6.42 Å². The zero-order valence-corrected chi connectivity index (χ0v) is 11.3. The van der Waals surface area contributed by atoms with Crippen LogP contribution in [0.15, 0.2) is 11.8 Å². The van der Waals surface area contributed by atoms with Gasteiger partial charge >= 0.3 is 20.6 Å². The molecule has 0 N–H and O–H groups in total. The summed E-state index contributed by atoms with van der Waals surface area (Å²) in [5.74, 6) is -0.413. The monoisotopic (exact) mass is 285 g/mol. The molecule has 0 aromatic heterocycles. The lowest BCUT2D eigenvalue weighted by Crippen LogP contribution is -2.47. The first-order chi connectivity index (χ1) is 9.04. The number of amides is 3. The molecule has 2 atom stereocenters. The molecule has 2 unspecified atom stereocenters. The van der Waals surface area contributed by atoms with E-state index in [1.807, 2.05) is 0 Å². The highest BCUT2D eigenvalue weighted by Crippen LogP contribution is 2.26. The predicted octanol–water partition coefficient (Wildman–Crippen LogP) is 1.29. The van der Waals surface area contributed by atoms with Crippen LogP contribution in [0.5, 0.6) is 0 Å². The average molecular weight is 285 g/mol. The molecule has 0 saturated carbocycles. The Morgan fingerprint density at radius 1 is 1.58 bits per heavy atom. The van der Waals surface area contributed by atoms with Crippen molar-refractivity contribution in [1.82, 2.24) is 4.90 Å². The summed E-state index contributed by atoms with van der Waals surface area (Å²) in [6.07, 6.45) is 2.15. The minimum Gasteiger partial charge on any atom is -0.333 e. The Labute approximate surface area is 111 Å². The zero-order valence-electron chi connectivity index (χ0n) is 10.4. The molecule has 0 radical (unpaired) electrons. The van der Waals surface area contributed by atoms with E-state index in [1.54, 1.807) is 6.92 Å². The van der Waals surface area contributed by atoms with Crippen molar-refractivity contribution in [3.63, 3.8) is 0 Å². The molecule has 0 spiro atoms. The number of hydrogen-bond acceptors (Lipinski definition) is 5. The lowest BCUT2D eigenvalue weighted by atomic mass is 10.2. The molecule has 7 nitrogen and oxygen atoms in total. The van der Waals surface area contributed by atoms with Gasteiger partial charge in [-0.3, -0.25) is 4.52 Å². The number of nitrogens with zero attached hydrogens (tertiary/aromatic N) is 2. The first kappa shape index (κ1) is 14.0. The molecule has 0 aromatic carbocycles. The smallest absolute Gasteiger partial charge is 0.333 e. The molecule has 102 valence electrons. The minimum atomic E-state index is -0.510. The predicted molar refractivity (Wildman–Crippen MR) is 64.8 cm³/mol. The van der Waals surface area contributed by atoms with Crippen molar-refractivity contribution in [2.24, 2.45) is 0 Å². The van der Waals surface area contributed by atoms with Crippen molar-refractivity contribution in [2.75, 3.05) is 6.61 Å². The van der Waals surface area contributed by atoms with Gasteiger partial charge in [0.1, 0.15) is 6.20 Å². The van der Waals surface area contributed by atoms with Crippen LogP contribution in [0.1, 0.15) is 19.8 Å². The van der Waals surface area contributed by atoms with E-state index in [4.69, 9.17) is 9.26 Å². The average Bonchev–Trinajstić information content (AvgIpc) is 2.86. The van der Waals surface area contributed by atoms with Crippen molar-refractivity contribution in [1.29, 1.82) is 0 Å². The molecule has 0 bridgehead atoms. The van der Waals surface area contributed by atoms with Gasteiger partial charge in [-0.2, -0.15) is 9.69 Å². The topological polar surface area (TPSA) is 75.9 Å². The second kappa shape index (κ2) is 5.69. The summed E-state index contributed by atoms with van der Waals surface area (Å²) < 4.78 is 21.4. The van der Waals surface area contributed by atoms with Gasteiger partial charge in [-0.25, -0.2) is 9.36 Å². The van der Waals surface area contributed by atoms with E-state index < -0.39 is 18.2 Å². The third kappa shape index (κ3) is 2.78. The van der Waals surface area contributed by atoms with Crippen molar-refractivity contribution >= 4 is 27.3 Å². The molecule has 8 heteroatoms. The third-order valence-corrected chi connectivity index (χ3v) is 3.33. The molecule has 3 amide bonds. The molecule has 2 heterocycles. The maximum absolute atomic E-state index is 12.0. The fourth-order valence-corrected chi connectivity index (χ4v) is 2.32. The van der Waals surface area contributed by atoms with Crippen LogP contribution in [0.2, 0.25) is 0 Å². The van der Waals surface area contributed by atoms with Crippen LogP contribution in [-0.4, -0.2) is 47.1 Å². The maximum Gasteiger partial charge on any atom is 0.507 e. The number of imide groups is 1. The lowest BCUT2D eigenvalue weighted by Gasteiger charge is -2.22. The highest BCUT2D eigenvalue weighted by molar-refractivity contribution is 7.17. The summed E-state index contributed by atoms with van der Waals surface area (Å²) >= 11 is 0.